The summed E-state index contributed by atoms with van der Waals surface area (Å²) in [5, 5.41) is 6.19. The molecule has 2 unspecified atom stereocenters. The summed E-state index contributed by atoms with van der Waals surface area (Å²) in [6.45, 7) is 7.44. The maximum absolute atomic E-state index is 12.8. The number of aromatic nitrogens is 1. The summed E-state index contributed by atoms with van der Waals surface area (Å²) in [7, 11) is 0. The summed E-state index contributed by atoms with van der Waals surface area (Å²) in [5.74, 6) is -0.277. The number of amides is 2. The number of hydrogen-bond donors (Lipinski definition) is 2. The van der Waals surface area contributed by atoms with Crippen molar-refractivity contribution in [3.8, 4) is 0 Å². The van der Waals surface area contributed by atoms with E-state index in [2.05, 4.69) is 22.5 Å². The van der Waals surface area contributed by atoms with Crippen molar-refractivity contribution in [2.24, 2.45) is 0 Å². The monoisotopic (exact) mass is 346 g/mol. The Hall–Kier alpha value is -1.99. The fourth-order valence-electron chi connectivity index (χ4n) is 3.30. The zero-order valence-corrected chi connectivity index (χ0v) is 15.0. The Labute approximate surface area is 148 Å². The number of carbonyl (C=O) groups excluding carboxylic acids is 2. The van der Waals surface area contributed by atoms with Gasteiger partial charge < -0.3 is 20.3 Å². The molecule has 0 saturated carbocycles. The topological polar surface area (TPSA) is 83.6 Å². The number of ether oxygens (including phenoxy) is 1. The van der Waals surface area contributed by atoms with Crippen LogP contribution in [0.3, 0.4) is 0 Å². The molecule has 2 N–H and O–H groups in total. The van der Waals surface area contributed by atoms with Gasteiger partial charge in [-0.25, -0.2) is 0 Å². The highest BCUT2D eigenvalue weighted by Crippen LogP contribution is 2.21. The molecule has 1 aromatic heterocycles. The SMILES string of the molecule is CC1CCC(C(=O)Nc2ccnc(C(=O)N3C[C@@H](C)NC[C@H]3C)c2)O1. The van der Waals surface area contributed by atoms with Crippen molar-refractivity contribution in [3.63, 3.8) is 0 Å². The van der Waals surface area contributed by atoms with Crippen LogP contribution in [0, 0.1) is 0 Å². The molecule has 2 fully saturated rings. The standard InChI is InChI=1S/C18H26N4O3/c1-11-10-22(12(2)9-20-11)18(24)15-8-14(6-7-19-15)21-17(23)16-5-4-13(3)25-16/h6-8,11-13,16,20H,4-5,9-10H2,1-3H3,(H,19,21,23)/t11-,12-,13?,16?/m1/s1. The molecular formula is C18H26N4O3. The van der Waals surface area contributed by atoms with E-state index in [0.717, 1.165) is 19.4 Å². The van der Waals surface area contributed by atoms with Gasteiger partial charge in [0.15, 0.2) is 0 Å². The summed E-state index contributed by atoms with van der Waals surface area (Å²) in [6, 6.07) is 3.69. The third-order valence-corrected chi connectivity index (χ3v) is 4.80. The van der Waals surface area contributed by atoms with Gasteiger partial charge in [0.1, 0.15) is 11.8 Å². The van der Waals surface area contributed by atoms with Gasteiger partial charge in [0.05, 0.1) is 6.10 Å². The van der Waals surface area contributed by atoms with Crippen molar-refractivity contribution in [1.82, 2.24) is 15.2 Å². The first-order valence-electron chi connectivity index (χ1n) is 8.90. The number of pyridine rings is 1. The fraction of sp³-hybridized carbons (Fsp3) is 0.611. The van der Waals surface area contributed by atoms with E-state index in [1.165, 1.54) is 0 Å². The van der Waals surface area contributed by atoms with Crippen molar-refractivity contribution in [1.29, 1.82) is 0 Å². The van der Waals surface area contributed by atoms with E-state index in [1.54, 1.807) is 18.3 Å². The van der Waals surface area contributed by atoms with Gasteiger partial charge in [-0.05, 0) is 45.7 Å². The van der Waals surface area contributed by atoms with Gasteiger partial charge in [-0.1, -0.05) is 0 Å². The average molecular weight is 346 g/mol. The Balaban J connectivity index is 1.68. The second-order valence-corrected chi connectivity index (χ2v) is 7.05. The molecular weight excluding hydrogens is 320 g/mol. The van der Waals surface area contributed by atoms with E-state index in [-0.39, 0.29) is 30.0 Å². The van der Waals surface area contributed by atoms with Crippen LogP contribution in [0.1, 0.15) is 44.1 Å². The van der Waals surface area contributed by atoms with Crippen molar-refractivity contribution < 1.29 is 14.3 Å². The van der Waals surface area contributed by atoms with Gasteiger partial charge in [0.2, 0.25) is 0 Å². The molecule has 1 aromatic rings. The fourth-order valence-corrected chi connectivity index (χ4v) is 3.30. The predicted molar refractivity (Wildman–Crippen MR) is 94.4 cm³/mol. The van der Waals surface area contributed by atoms with E-state index >= 15 is 0 Å². The summed E-state index contributed by atoms with van der Waals surface area (Å²) in [6.07, 6.45) is 2.85. The second-order valence-electron chi connectivity index (χ2n) is 7.05. The summed E-state index contributed by atoms with van der Waals surface area (Å²) >= 11 is 0. The van der Waals surface area contributed by atoms with Crippen molar-refractivity contribution in [2.75, 3.05) is 18.4 Å². The minimum atomic E-state index is -0.420. The summed E-state index contributed by atoms with van der Waals surface area (Å²) in [4.78, 5) is 31.1. The zero-order chi connectivity index (χ0) is 18.0. The number of piperazine rings is 1. The molecule has 4 atom stereocenters. The van der Waals surface area contributed by atoms with Gasteiger partial charge in [0.25, 0.3) is 11.8 Å². The number of nitrogens with one attached hydrogen (secondary N) is 2. The summed E-state index contributed by atoms with van der Waals surface area (Å²) < 4.78 is 5.58. The van der Waals surface area contributed by atoms with Crippen LogP contribution in [0.4, 0.5) is 5.69 Å². The largest absolute Gasteiger partial charge is 0.365 e. The van der Waals surface area contributed by atoms with Crippen LogP contribution in [-0.2, 0) is 9.53 Å². The molecule has 136 valence electrons. The maximum atomic E-state index is 12.8. The summed E-state index contributed by atoms with van der Waals surface area (Å²) in [5.41, 5.74) is 0.918. The van der Waals surface area contributed by atoms with Crippen LogP contribution in [0.15, 0.2) is 18.3 Å². The highest BCUT2D eigenvalue weighted by atomic mass is 16.5. The molecule has 2 aliphatic heterocycles. The second kappa shape index (κ2) is 7.49. The first-order valence-corrected chi connectivity index (χ1v) is 8.90. The van der Waals surface area contributed by atoms with Gasteiger partial charge in [-0.2, -0.15) is 0 Å². The Morgan fingerprint density at radius 2 is 2.12 bits per heavy atom. The highest BCUT2D eigenvalue weighted by molar-refractivity contribution is 5.97. The van der Waals surface area contributed by atoms with E-state index in [4.69, 9.17) is 4.74 Å². The number of hydrogen-bond acceptors (Lipinski definition) is 5. The molecule has 0 radical (unpaired) electrons. The van der Waals surface area contributed by atoms with Crippen LogP contribution >= 0.6 is 0 Å². The first kappa shape index (κ1) is 17.8. The molecule has 0 spiro atoms. The molecule has 2 saturated heterocycles. The van der Waals surface area contributed by atoms with Gasteiger partial charge in [-0.3, -0.25) is 14.6 Å². The molecule has 7 heteroatoms. The molecule has 3 rings (SSSR count). The minimum Gasteiger partial charge on any atom is -0.365 e. The van der Waals surface area contributed by atoms with E-state index in [9.17, 15) is 9.59 Å². The van der Waals surface area contributed by atoms with Gasteiger partial charge in [-0.15, -0.1) is 0 Å². The molecule has 3 heterocycles. The number of rotatable bonds is 3. The van der Waals surface area contributed by atoms with Crippen LogP contribution in [0.2, 0.25) is 0 Å². The number of anilines is 1. The molecule has 2 aliphatic rings. The third kappa shape index (κ3) is 4.16. The van der Waals surface area contributed by atoms with E-state index < -0.39 is 6.10 Å². The minimum absolute atomic E-state index is 0.108. The normalized spacial score (nSPS) is 29.5. The van der Waals surface area contributed by atoms with Gasteiger partial charge >= 0.3 is 0 Å². The molecule has 0 aromatic carbocycles. The van der Waals surface area contributed by atoms with Crippen molar-refractivity contribution in [2.45, 2.75) is 57.9 Å². The third-order valence-electron chi connectivity index (χ3n) is 4.80. The van der Waals surface area contributed by atoms with Crippen molar-refractivity contribution >= 4 is 17.5 Å². The highest BCUT2D eigenvalue weighted by Gasteiger charge is 2.30. The number of carbonyl (C=O) groups is 2. The smallest absolute Gasteiger partial charge is 0.272 e. The molecule has 0 bridgehead atoms. The Bertz CT molecular complexity index is 651. The molecule has 0 aliphatic carbocycles. The van der Waals surface area contributed by atoms with Crippen LogP contribution in [0.5, 0.6) is 0 Å². The Kier molecular flexibility index (Phi) is 5.34. The lowest BCUT2D eigenvalue weighted by atomic mass is 10.1. The lowest BCUT2D eigenvalue weighted by Gasteiger charge is -2.37. The lowest BCUT2D eigenvalue weighted by Crippen LogP contribution is -2.56. The Morgan fingerprint density at radius 1 is 1.32 bits per heavy atom. The number of nitrogens with zero attached hydrogens (tertiary/aromatic N) is 2. The van der Waals surface area contributed by atoms with Gasteiger partial charge in [0, 0.05) is 37.1 Å². The van der Waals surface area contributed by atoms with Crippen LogP contribution < -0.4 is 10.6 Å². The van der Waals surface area contributed by atoms with Crippen LogP contribution in [-0.4, -0.2) is 59.1 Å². The zero-order valence-electron chi connectivity index (χ0n) is 15.0. The molecule has 2 amide bonds. The predicted octanol–water partition coefficient (Wildman–Crippen LogP) is 1.41. The average Bonchev–Trinajstić information content (AvgIpc) is 3.03. The van der Waals surface area contributed by atoms with E-state index in [1.807, 2.05) is 18.7 Å². The molecule has 7 nitrogen and oxygen atoms in total. The maximum Gasteiger partial charge on any atom is 0.272 e. The quantitative estimate of drug-likeness (QED) is 0.865. The molecule has 25 heavy (non-hydrogen) atoms. The van der Waals surface area contributed by atoms with Crippen LogP contribution in [0.25, 0.3) is 0 Å². The first-order chi connectivity index (χ1) is 11.9. The van der Waals surface area contributed by atoms with Crippen molar-refractivity contribution in [3.05, 3.63) is 24.0 Å². The van der Waals surface area contributed by atoms with E-state index in [0.29, 0.717) is 17.9 Å². The lowest BCUT2D eigenvalue weighted by molar-refractivity contribution is -0.126. The Morgan fingerprint density at radius 3 is 2.84 bits per heavy atom.